The Bertz CT molecular complexity index is 362. The number of sulfone groups is 1. The van der Waals surface area contributed by atoms with Crippen LogP contribution in [0, 0.1) is 11.3 Å². The number of nitrogens with two attached hydrogens (primary N) is 1. The summed E-state index contributed by atoms with van der Waals surface area (Å²) in [5.74, 6) is -1.35. The second-order valence-corrected chi connectivity index (χ2v) is 7.66. The lowest BCUT2D eigenvalue weighted by atomic mass is 9.75. The topological polar surface area (TPSA) is 97.5 Å². The minimum absolute atomic E-state index is 0.0480. The van der Waals surface area contributed by atoms with E-state index in [-0.39, 0.29) is 24.6 Å². The highest BCUT2D eigenvalue weighted by molar-refractivity contribution is 7.91. The van der Waals surface area contributed by atoms with Gasteiger partial charge in [0.05, 0.1) is 16.4 Å². The van der Waals surface area contributed by atoms with Gasteiger partial charge in [-0.05, 0) is 26.2 Å². The van der Waals surface area contributed by atoms with Crippen molar-refractivity contribution < 1.29 is 18.3 Å². The van der Waals surface area contributed by atoms with Crippen LogP contribution in [0.1, 0.15) is 34.1 Å². The van der Waals surface area contributed by atoms with Crippen molar-refractivity contribution >= 4 is 15.8 Å². The van der Waals surface area contributed by atoms with Gasteiger partial charge in [-0.3, -0.25) is 4.79 Å². The average Bonchev–Trinajstić information content (AvgIpc) is 2.17. The molecule has 0 rings (SSSR count). The fourth-order valence-corrected chi connectivity index (χ4v) is 2.75. The summed E-state index contributed by atoms with van der Waals surface area (Å²) in [6, 6.07) is 0. The third-order valence-corrected chi connectivity index (χ3v) is 5.66. The van der Waals surface area contributed by atoms with Crippen molar-refractivity contribution in [2.45, 2.75) is 39.4 Å². The molecule has 1 unspecified atom stereocenters. The minimum atomic E-state index is -3.23. The van der Waals surface area contributed by atoms with Crippen molar-refractivity contribution in [1.29, 1.82) is 0 Å². The van der Waals surface area contributed by atoms with Crippen LogP contribution in [0.25, 0.3) is 0 Å². The van der Waals surface area contributed by atoms with Crippen molar-refractivity contribution in [2.75, 3.05) is 12.3 Å². The average molecular weight is 265 g/mol. The predicted octanol–water partition coefficient (Wildman–Crippen LogP) is 0.885. The van der Waals surface area contributed by atoms with Gasteiger partial charge in [0.2, 0.25) is 0 Å². The van der Waals surface area contributed by atoms with Crippen LogP contribution < -0.4 is 5.73 Å². The first kappa shape index (κ1) is 16.4. The maximum Gasteiger partial charge on any atom is 0.311 e. The van der Waals surface area contributed by atoms with Crippen LogP contribution >= 0.6 is 0 Å². The molecule has 0 aliphatic rings. The molecular weight excluding hydrogens is 242 g/mol. The van der Waals surface area contributed by atoms with Crippen LogP contribution in [-0.2, 0) is 14.6 Å². The van der Waals surface area contributed by atoms with Crippen LogP contribution in [0.5, 0.6) is 0 Å². The quantitative estimate of drug-likeness (QED) is 0.712. The number of rotatable bonds is 7. The number of carboxylic acids is 1. The van der Waals surface area contributed by atoms with E-state index in [1.807, 2.05) is 0 Å². The van der Waals surface area contributed by atoms with E-state index in [4.69, 9.17) is 5.73 Å². The van der Waals surface area contributed by atoms with Gasteiger partial charge >= 0.3 is 5.97 Å². The van der Waals surface area contributed by atoms with Gasteiger partial charge < -0.3 is 10.8 Å². The van der Waals surface area contributed by atoms with Crippen LogP contribution in [-0.4, -0.2) is 37.0 Å². The summed E-state index contributed by atoms with van der Waals surface area (Å²) in [6.45, 7) is 6.64. The molecule has 6 heteroatoms. The number of carboxylic acid groups (broad SMARTS) is 1. The SMILES string of the molecule is CC(C)C(CN)(CCS(=O)(=O)C(C)C)C(=O)O. The lowest BCUT2D eigenvalue weighted by molar-refractivity contribution is -0.151. The van der Waals surface area contributed by atoms with Gasteiger partial charge in [-0.1, -0.05) is 13.8 Å². The fourth-order valence-electron chi connectivity index (χ4n) is 1.63. The molecule has 0 spiro atoms. The molecule has 0 aromatic rings. The van der Waals surface area contributed by atoms with Crippen LogP contribution in [0.3, 0.4) is 0 Å². The zero-order valence-electron chi connectivity index (χ0n) is 10.9. The van der Waals surface area contributed by atoms with Crippen molar-refractivity contribution in [3.63, 3.8) is 0 Å². The van der Waals surface area contributed by atoms with Gasteiger partial charge in [0.15, 0.2) is 9.84 Å². The van der Waals surface area contributed by atoms with Crippen molar-refractivity contribution in [3.8, 4) is 0 Å². The maximum atomic E-state index is 11.7. The van der Waals surface area contributed by atoms with Crippen LogP contribution in [0.2, 0.25) is 0 Å². The van der Waals surface area contributed by atoms with Crippen molar-refractivity contribution in [1.82, 2.24) is 0 Å². The minimum Gasteiger partial charge on any atom is -0.481 e. The summed E-state index contributed by atoms with van der Waals surface area (Å²) in [7, 11) is -3.23. The lowest BCUT2D eigenvalue weighted by Gasteiger charge is -2.32. The summed E-state index contributed by atoms with van der Waals surface area (Å²) in [6.07, 6.45) is 0.0665. The molecule has 1 atom stereocenters. The summed E-state index contributed by atoms with van der Waals surface area (Å²) < 4.78 is 23.4. The molecule has 5 nitrogen and oxygen atoms in total. The normalized spacial score (nSPS) is 16.2. The number of hydrogen-bond donors (Lipinski definition) is 2. The standard InChI is InChI=1S/C11H23NO4S/c1-8(2)11(7-12,10(13)14)5-6-17(15,16)9(3)4/h8-9H,5-7,12H2,1-4H3,(H,13,14). The molecule has 0 bridgehead atoms. The van der Waals surface area contributed by atoms with Crippen molar-refractivity contribution in [2.24, 2.45) is 17.1 Å². The monoisotopic (exact) mass is 265 g/mol. The van der Waals surface area contributed by atoms with Gasteiger partial charge in [0.25, 0.3) is 0 Å². The highest BCUT2D eigenvalue weighted by Gasteiger charge is 2.41. The maximum absolute atomic E-state index is 11.7. The Labute approximate surface area is 103 Å². The molecule has 0 saturated carbocycles. The van der Waals surface area contributed by atoms with E-state index in [2.05, 4.69) is 0 Å². The summed E-state index contributed by atoms with van der Waals surface area (Å²) in [4.78, 5) is 11.3. The number of hydrogen-bond acceptors (Lipinski definition) is 4. The Morgan fingerprint density at radius 3 is 2.00 bits per heavy atom. The molecule has 0 fully saturated rings. The fraction of sp³-hybridized carbons (Fsp3) is 0.909. The second kappa shape index (κ2) is 5.82. The largest absolute Gasteiger partial charge is 0.481 e. The third-order valence-electron chi connectivity index (χ3n) is 3.45. The van der Waals surface area contributed by atoms with Gasteiger partial charge in [0.1, 0.15) is 0 Å². The molecule has 0 aliphatic carbocycles. The first-order valence-electron chi connectivity index (χ1n) is 5.75. The second-order valence-electron chi connectivity index (χ2n) is 4.99. The van der Waals surface area contributed by atoms with Crippen LogP contribution in [0.4, 0.5) is 0 Å². The molecule has 0 aromatic carbocycles. The molecular formula is C11H23NO4S. The van der Waals surface area contributed by atoms with E-state index in [9.17, 15) is 18.3 Å². The van der Waals surface area contributed by atoms with E-state index in [0.717, 1.165) is 0 Å². The Balaban J connectivity index is 4.99. The molecule has 0 aliphatic heterocycles. The van der Waals surface area contributed by atoms with Gasteiger partial charge in [-0.25, -0.2) is 8.42 Å². The van der Waals surface area contributed by atoms with E-state index in [1.165, 1.54) is 0 Å². The van der Waals surface area contributed by atoms with E-state index >= 15 is 0 Å². The third kappa shape index (κ3) is 3.67. The molecule has 17 heavy (non-hydrogen) atoms. The predicted molar refractivity (Wildman–Crippen MR) is 67.5 cm³/mol. The molecule has 0 saturated heterocycles. The molecule has 0 heterocycles. The highest BCUT2D eigenvalue weighted by Crippen LogP contribution is 2.31. The Morgan fingerprint density at radius 2 is 1.76 bits per heavy atom. The zero-order chi connectivity index (χ0) is 13.9. The molecule has 3 N–H and O–H groups in total. The Morgan fingerprint density at radius 1 is 1.29 bits per heavy atom. The highest BCUT2D eigenvalue weighted by atomic mass is 32.2. The van der Waals surface area contributed by atoms with E-state index < -0.39 is 26.5 Å². The number of carbonyl (C=O) groups is 1. The molecule has 0 aromatic heterocycles. The lowest BCUT2D eigenvalue weighted by Crippen LogP contribution is -2.44. The van der Waals surface area contributed by atoms with Gasteiger partial charge in [-0.2, -0.15) is 0 Å². The zero-order valence-corrected chi connectivity index (χ0v) is 11.8. The summed E-state index contributed by atoms with van der Waals surface area (Å²) >= 11 is 0. The first-order chi connectivity index (χ1) is 7.60. The van der Waals surface area contributed by atoms with Gasteiger partial charge in [0, 0.05) is 6.54 Å². The molecule has 102 valence electrons. The van der Waals surface area contributed by atoms with Crippen molar-refractivity contribution in [3.05, 3.63) is 0 Å². The Hall–Kier alpha value is -0.620. The summed E-state index contributed by atoms with van der Waals surface area (Å²) in [5, 5.41) is 8.77. The number of aliphatic carboxylic acids is 1. The summed E-state index contributed by atoms with van der Waals surface area (Å²) in [5.41, 5.74) is 4.39. The molecule has 0 radical (unpaired) electrons. The first-order valence-corrected chi connectivity index (χ1v) is 7.46. The van der Waals surface area contributed by atoms with Gasteiger partial charge in [-0.15, -0.1) is 0 Å². The van der Waals surface area contributed by atoms with E-state index in [0.29, 0.717) is 0 Å². The Kier molecular flexibility index (Phi) is 5.61. The van der Waals surface area contributed by atoms with E-state index in [1.54, 1.807) is 27.7 Å². The molecule has 0 amide bonds. The van der Waals surface area contributed by atoms with Crippen LogP contribution in [0.15, 0.2) is 0 Å². The smallest absolute Gasteiger partial charge is 0.311 e.